The molecule has 2 heterocycles. The molecule has 3 nitrogen and oxygen atoms in total. The van der Waals surface area contributed by atoms with Crippen molar-refractivity contribution in [3.8, 4) is 11.3 Å². The van der Waals surface area contributed by atoms with Gasteiger partial charge in [-0.05, 0) is 44.2 Å². The fourth-order valence-corrected chi connectivity index (χ4v) is 2.55. The molecule has 0 aliphatic rings. The zero-order valence-corrected chi connectivity index (χ0v) is 12.0. The van der Waals surface area contributed by atoms with Crippen molar-refractivity contribution in [2.24, 2.45) is 0 Å². The van der Waals surface area contributed by atoms with Crippen molar-refractivity contribution in [1.82, 2.24) is 9.97 Å². The van der Waals surface area contributed by atoms with Crippen LogP contribution in [0, 0.1) is 13.8 Å². The Kier molecular flexibility index (Phi) is 3.07. The number of rotatable bonds is 1. The Morgan fingerprint density at radius 1 is 1.15 bits per heavy atom. The lowest BCUT2D eigenvalue weighted by Gasteiger charge is -2.08. The topological polar surface area (TPSA) is 45.8 Å². The summed E-state index contributed by atoms with van der Waals surface area (Å²) in [6.45, 7) is 3.79. The van der Waals surface area contributed by atoms with Gasteiger partial charge in [-0.25, -0.2) is 0 Å². The molecule has 0 fully saturated rings. The van der Waals surface area contributed by atoms with E-state index < -0.39 is 0 Å². The molecule has 0 spiro atoms. The zero-order valence-electron chi connectivity index (χ0n) is 11.2. The van der Waals surface area contributed by atoms with Crippen molar-refractivity contribution in [1.29, 1.82) is 0 Å². The van der Waals surface area contributed by atoms with E-state index in [1.165, 1.54) is 0 Å². The number of aromatic amines is 1. The fourth-order valence-electron chi connectivity index (χ4n) is 2.37. The molecule has 0 aliphatic heterocycles. The van der Waals surface area contributed by atoms with Crippen LogP contribution in [0.15, 0.2) is 41.2 Å². The van der Waals surface area contributed by atoms with Crippen molar-refractivity contribution in [3.63, 3.8) is 0 Å². The van der Waals surface area contributed by atoms with Gasteiger partial charge >= 0.3 is 0 Å². The molecule has 0 unspecified atom stereocenters. The summed E-state index contributed by atoms with van der Waals surface area (Å²) in [6, 6.07) is 10.9. The first kappa shape index (κ1) is 12.9. The largest absolute Gasteiger partial charge is 0.358 e. The van der Waals surface area contributed by atoms with Gasteiger partial charge in [0.1, 0.15) is 0 Å². The van der Waals surface area contributed by atoms with E-state index in [0.29, 0.717) is 21.7 Å². The molecular formula is C16H13ClN2O. The SMILES string of the molecule is Cc1cccc(-c2c(C)[nH]c3ccc(Cl)cc3c2=O)n1. The molecule has 0 bridgehead atoms. The van der Waals surface area contributed by atoms with Crippen molar-refractivity contribution < 1.29 is 0 Å². The highest BCUT2D eigenvalue weighted by Gasteiger charge is 2.12. The molecule has 3 aromatic rings. The van der Waals surface area contributed by atoms with Gasteiger partial charge in [0.05, 0.1) is 11.3 Å². The van der Waals surface area contributed by atoms with E-state index in [4.69, 9.17) is 11.6 Å². The van der Waals surface area contributed by atoms with Gasteiger partial charge in [-0.3, -0.25) is 9.78 Å². The van der Waals surface area contributed by atoms with Crippen molar-refractivity contribution in [2.75, 3.05) is 0 Å². The first-order valence-electron chi connectivity index (χ1n) is 6.32. The van der Waals surface area contributed by atoms with E-state index >= 15 is 0 Å². The number of fused-ring (bicyclic) bond motifs is 1. The number of hydrogen-bond acceptors (Lipinski definition) is 2. The van der Waals surface area contributed by atoms with Gasteiger partial charge in [-0.1, -0.05) is 17.7 Å². The number of halogens is 1. The Bertz CT molecular complexity index is 868. The zero-order chi connectivity index (χ0) is 14.3. The minimum absolute atomic E-state index is 0.0446. The van der Waals surface area contributed by atoms with Crippen LogP contribution < -0.4 is 5.43 Å². The Labute approximate surface area is 121 Å². The van der Waals surface area contributed by atoms with E-state index in [1.807, 2.05) is 38.1 Å². The Balaban J connectivity index is 2.39. The third-order valence-electron chi connectivity index (χ3n) is 3.29. The second-order valence-electron chi connectivity index (χ2n) is 4.81. The van der Waals surface area contributed by atoms with Crippen molar-refractivity contribution >= 4 is 22.5 Å². The van der Waals surface area contributed by atoms with E-state index in [0.717, 1.165) is 16.9 Å². The average molecular weight is 285 g/mol. The van der Waals surface area contributed by atoms with E-state index in [-0.39, 0.29) is 5.43 Å². The normalized spacial score (nSPS) is 10.9. The minimum atomic E-state index is -0.0446. The summed E-state index contributed by atoms with van der Waals surface area (Å²) >= 11 is 5.99. The van der Waals surface area contributed by atoms with Crippen LogP contribution in [0.2, 0.25) is 5.02 Å². The maximum absolute atomic E-state index is 12.7. The van der Waals surface area contributed by atoms with E-state index in [2.05, 4.69) is 9.97 Å². The van der Waals surface area contributed by atoms with Crippen LogP contribution in [-0.4, -0.2) is 9.97 Å². The van der Waals surface area contributed by atoms with Gasteiger partial charge in [0.15, 0.2) is 5.43 Å². The Hall–Kier alpha value is -2.13. The molecule has 1 N–H and O–H groups in total. The lowest BCUT2D eigenvalue weighted by molar-refractivity contribution is 1.17. The van der Waals surface area contributed by atoms with Crippen LogP contribution in [0.4, 0.5) is 0 Å². The van der Waals surface area contributed by atoms with Crippen LogP contribution in [0.1, 0.15) is 11.4 Å². The van der Waals surface area contributed by atoms with Gasteiger partial charge < -0.3 is 4.98 Å². The lowest BCUT2D eigenvalue weighted by atomic mass is 10.1. The summed E-state index contributed by atoms with van der Waals surface area (Å²) in [5.41, 5.74) is 3.72. The van der Waals surface area contributed by atoms with Crippen LogP contribution in [-0.2, 0) is 0 Å². The van der Waals surface area contributed by atoms with Gasteiger partial charge in [-0.2, -0.15) is 0 Å². The van der Waals surface area contributed by atoms with E-state index in [1.54, 1.807) is 12.1 Å². The number of aromatic nitrogens is 2. The minimum Gasteiger partial charge on any atom is -0.358 e. The number of H-pyrrole nitrogens is 1. The second kappa shape index (κ2) is 4.76. The molecule has 1 aromatic carbocycles. The van der Waals surface area contributed by atoms with E-state index in [9.17, 15) is 4.79 Å². The summed E-state index contributed by atoms with van der Waals surface area (Å²) < 4.78 is 0. The summed E-state index contributed by atoms with van der Waals surface area (Å²) in [4.78, 5) is 20.4. The summed E-state index contributed by atoms with van der Waals surface area (Å²) in [5, 5.41) is 1.14. The van der Waals surface area contributed by atoms with Crippen LogP contribution in [0.3, 0.4) is 0 Å². The van der Waals surface area contributed by atoms with Gasteiger partial charge in [0, 0.05) is 27.3 Å². The number of nitrogens with one attached hydrogen (secondary N) is 1. The highest BCUT2D eigenvalue weighted by Crippen LogP contribution is 2.22. The molecule has 20 heavy (non-hydrogen) atoms. The molecule has 100 valence electrons. The molecule has 0 aliphatic carbocycles. The fraction of sp³-hybridized carbons (Fsp3) is 0.125. The first-order valence-corrected chi connectivity index (χ1v) is 6.70. The predicted octanol–water partition coefficient (Wildman–Crippen LogP) is 3.86. The quantitative estimate of drug-likeness (QED) is 0.737. The van der Waals surface area contributed by atoms with Crippen LogP contribution in [0.5, 0.6) is 0 Å². The summed E-state index contributed by atoms with van der Waals surface area (Å²) in [7, 11) is 0. The molecule has 2 aromatic heterocycles. The molecule has 0 saturated carbocycles. The van der Waals surface area contributed by atoms with Crippen LogP contribution in [0.25, 0.3) is 22.2 Å². The molecule has 0 saturated heterocycles. The summed E-state index contributed by atoms with van der Waals surface area (Å²) in [6.07, 6.45) is 0. The average Bonchev–Trinajstić information content (AvgIpc) is 2.40. The second-order valence-corrected chi connectivity index (χ2v) is 5.24. The van der Waals surface area contributed by atoms with Crippen molar-refractivity contribution in [3.05, 3.63) is 63.0 Å². The monoisotopic (exact) mass is 284 g/mol. The molecular weight excluding hydrogens is 272 g/mol. The lowest BCUT2D eigenvalue weighted by Crippen LogP contribution is -2.10. The third-order valence-corrected chi connectivity index (χ3v) is 3.53. The number of pyridine rings is 2. The molecule has 0 amide bonds. The maximum atomic E-state index is 12.7. The standard InChI is InChI=1S/C16H13ClN2O/c1-9-4-3-5-14(18-9)15-10(2)19-13-7-6-11(17)8-12(13)16(15)20/h3-8H,1-2H3,(H,19,20). The summed E-state index contributed by atoms with van der Waals surface area (Å²) in [5.74, 6) is 0. The Morgan fingerprint density at radius 3 is 2.70 bits per heavy atom. The number of benzene rings is 1. The third kappa shape index (κ3) is 2.10. The first-order chi connectivity index (χ1) is 9.56. The molecule has 3 rings (SSSR count). The number of hydrogen-bond donors (Lipinski definition) is 1. The predicted molar refractivity (Wildman–Crippen MR) is 82.3 cm³/mol. The highest BCUT2D eigenvalue weighted by molar-refractivity contribution is 6.31. The van der Waals surface area contributed by atoms with Gasteiger partial charge in [0.2, 0.25) is 0 Å². The van der Waals surface area contributed by atoms with Crippen LogP contribution >= 0.6 is 11.6 Å². The highest BCUT2D eigenvalue weighted by atomic mass is 35.5. The number of nitrogens with zero attached hydrogens (tertiary/aromatic N) is 1. The number of aryl methyl sites for hydroxylation is 2. The smallest absolute Gasteiger partial charge is 0.199 e. The molecule has 0 atom stereocenters. The molecule has 0 radical (unpaired) electrons. The van der Waals surface area contributed by atoms with Gasteiger partial charge in [-0.15, -0.1) is 0 Å². The maximum Gasteiger partial charge on any atom is 0.199 e. The Morgan fingerprint density at radius 2 is 1.95 bits per heavy atom. The van der Waals surface area contributed by atoms with Crippen molar-refractivity contribution in [2.45, 2.75) is 13.8 Å². The molecule has 4 heteroatoms. The van der Waals surface area contributed by atoms with Gasteiger partial charge in [0.25, 0.3) is 0 Å².